The van der Waals surface area contributed by atoms with Crippen LogP contribution in [0.4, 0.5) is 5.69 Å². The first-order chi connectivity index (χ1) is 9.91. The molecule has 0 aliphatic heterocycles. The molecule has 0 spiro atoms. The van der Waals surface area contributed by atoms with Gasteiger partial charge in [0.05, 0.1) is 5.75 Å². The molecule has 21 heavy (non-hydrogen) atoms. The molecule has 0 fully saturated rings. The second kappa shape index (κ2) is 6.26. The highest BCUT2D eigenvalue weighted by molar-refractivity contribution is 7.94. The minimum absolute atomic E-state index is 0.177. The summed E-state index contributed by atoms with van der Waals surface area (Å²) in [7, 11) is -3.41. The number of fused-ring (bicyclic) bond motifs is 1. The van der Waals surface area contributed by atoms with E-state index in [9.17, 15) is 18.0 Å². The van der Waals surface area contributed by atoms with Gasteiger partial charge in [0.25, 0.3) is 5.56 Å². The highest BCUT2D eigenvalue weighted by Gasteiger charge is 2.15. The summed E-state index contributed by atoms with van der Waals surface area (Å²) in [5.41, 5.74) is 1.79. The normalized spacial score (nSPS) is 14.3. The van der Waals surface area contributed by atoms with Crippen LogP contribution in [0.3, 0.4) is 0 Å². The molecule has 1 amide bonds. The summed E-state index contributed by atoms with van der Waals surface area (Å²) in [5.74, 6) is -0.813. The first-order valence-corrected chi connectivity index (χ1v) is 8.53. The molecule has 2 N–H and O–H groups in total. The molecule has 1 aliphatic rings. The Morgan fingerprint density at radius 3 is 2.81 bits per heavy atom. The smallest absolute Gasteiger partial charge is 0.271 e. The Bertz CT molecular complexity index is 719. The van der Waals surface area contributed by atoms with E-state index in [0.717, 1.165) is 42.3 Å². The molecule has 1 aromatic heterocycles. The van der Waals surface area contributed by atoms with E-state index in [1.54, 1.807) is 6.07 Å². The third kappa shape index (κ3) is 4.04. The van der Waals surface area contributed by atoms with Crippen LogP contribution in [0.1, 0.15) is 30.5 Å². The van der Waals surface area contributed by atoms with Gasteiger partial charge in [-0.05, 0) is 37.3 Å². The molecule has 0 atom stereocenters. The van der Waals surface area contributed by atoms with Gasteiger partial charge in [0, 0.05) is 17.5 Å². The van der Waals surface area contributed by atoms with E-state index in [4.69, 9.17) is 0 Å². The fraction of sp³-hybridized carbons (Fsp3) is 0.429. The zero-order valence-corrected chi connectivity index (χ0v) is 12.5. The van der Waals surface area contributed by atoms with E-state index < -0.39 is 15.7 Å². The summed E-state index contributed by atoms with van der Waals surface area (Å²) in [4.78, 5) is 26.4. The van der Waals surface area contributed by atoms with Crippen LogP contribution in [-0.2, 0) is 27.5 Å². The van der Waals surface area contributed by atoms with Gasteiger partial charge in [-0.2, -0.15) is 0 Å². The second-order valence-corrected chi connectivity index (χ2v) is 7.12. The van der Waals surface area contributed by atoms with E-state index in [1.807, 2.05) is 0 Å². The number of carbonyl (C=O) groups excluding carboxylic acids is 1. The van der Waals surface area contributed by atoms with Crippen LogP contribution in [0, 0.1) is 0 Å². The molecule has 0 unspecified atom stereocenters. The Labute approximate surface area is 123 Å². The molecule has 0 saturated carbocycles. The largest absolute Gasteiger partial charge is 0.324 e. The molecule has 114 valence electrons. The topological polar surface area (TPSA) is 96.1 Å². The lowest BCUT2D eigenvalue weighted by atomic mass is 9.96. The number of anilines is 1. The quantitative estimate of drug-likeness (QED) is 0.852. The Morgan fingerprint density at radius 2 is 2.10 bits per heavy atom. The van der Waals surface area contributed by atoms with E-state index in [-0.39, 0.29) is 23.4 Å². The summed E-state index contributed by atoms with van der Waals surface area (Å²) in [6.07, 6.45) is 3.62. The van der Waals surface area contributed by atoms with E-state index in [1.165, 1.54) is 0 Å². The van der Waals surface area contributed by atoms with Gasteiger partial charge in [0.2, 0.25) is 5.91 Å². The lowest BCUT2D eigenvalue weighted by molar-refractivity contribution is -0.115. The van der Waals surface area contributed by atoms with Crippen molar-refractivity contribution >= 4 is 21.4 Å². The van der Waals surface area contributed by atoms with Crippen LogP contribution < -0.4 is 10.9 Å². The zero-order chi connectivity index (χ0) is 15.5. The lowest BCUT2D eigenvalue weighted by Crippen LogP contribution is -2.24. The average Bonchev–Trinajstić information content (AvgIpc) is 2.46. The number of sulfone groups is 1. The Morgan fingerprint density at radius 1 is 1.38 bits per heavy atom. The van der Waals surface area contributed by atoms with Crippen molar-refractivity contribution in [3.8, 4) is 0 Å². The van der Waals surface area contributed by atoms with Crippen LogP contribution >= 0.6 is 0 Å². The Kier molecular flexibility index (Phi) is 4.62. The second-order valence-electron chi connectivity index (χ2n) is 5.05. The first-order valence-electron chi connectivity index (χ1n) is 6.81. The molecular formula is C14H18N2O4S. The number of hydrogen-bond donors (Lipinski definition) is 2. The molecule has 7 heteroatoms. The molecule has 0 bridgehead atoms. The zero-order valence-electron chi connectivity index (χ0n) is 11.6. The fourth-order valence-electron chi connectivity index (χ4n) is 2.30. The lowest BCUT2D eigenvalue weighted by Gasteiger charge is -2.16. The predicted octanol–water partition coefficient (Wildman–Crippen LogP) is 1.14. The SMILES string of the molecule is C=CS(=O)(=O)CCC(=O)Nc1cc2c([nH]c1=O)CCCC2. The van der Waals surface area contributed by atoms with Gasteiger partial charge in [-0.3, -0.25) is 9.59 Å². The van der Waals surface area contributed by atoms with Crippen molar-refractivity contribution in [2.45, 2.75) is 32.1 Å². The molecular weight excluding hydrogens is 292 g/mol. The Hall–Kier alpha value is -1.89. The summed E-state index contributed by atoms with van der Waals surface area (Å²) in [6.45, 7) is 3.18. The maximum absolute atomic E-state index is 11.9. The van der Waals surface area contributed by atoms with E-state index in [2.05, 4.69) is 16.9 Å². The van der Waals surface area contributed by atoms with Crippen LogP contribution in [0.5, 0.6) is 0 Å². The number of aromatic amines is 1. The molecule has 6 nitrogen and oxygen atoms in total. The molecule has 1 aliphatic carbocycles. The van der Waals surface area contributed by atoms with Crippen molar-refractivity contribution in [1.82, 2.24) is 4.98 Å². The van der Waals surface area contributed by atoms with E-state index in [0.29, 0.717) is 0 Å². The van der Waals surface area contributed by atoms with Crippen molar-refractivity contribution < 1.29 is 13.2 Å². The average molecular weight is 310 g/mol. The standard InChI is InChI=1S/C14H18N2O4S/c1-2-21(19,20)8-7-13(17)15-12-9-10-5-3-4-6-11(10)16-14(12)18/h2,9H,1,3-8H2,(H,15,17)(H,16,18). The highest BCUT2D eigenvalue weighted by Crippen LogP contribution is 2.19. The summed E-state index contributed by atoms with van der Waals surface area (Å²) < 4.78 is 22.5. The van der Waals surface area contributed by atoms with Crippen LogP contribution in [0.25, 0.3) is 0 Å². The van der Waals surface area contributed by atoms with Gasteiger partial charge in [-0.1, -0.05) is 6.58 Å². The number of nitrogens with one attached hydrogen (secondary N) is 2. The third-order valence-corrected chi connectivity index (χ3v) is 4.76. The van der Waals surface area contributed by atoms with Gasteiger partial charge >= 0.3 is 0 Å². The van der Waals surface area contributed by atoms with Gasteiger partial charge in [0.15, 0.2) is 9.84 Å². The molecule has 1 aromatic rings. The minimum Gasteiger partial charge on any atom is -0.324 e. The highest BCUT2D eigenvalue weighted by atomic mass is 32.2. The monoisotopic (exact) mass is 310 g/mol. The molecule has 0 saturated heterocycles. The van der Waals surface area contributed by atoms with Crippen molar-refractivity contribution in [1.29, 1.82) is 0 Å². The van der Waals surface area contributed by atoms with Gasteiger partial charge in [0.1, 0.15) is 5.69 Å². The summed E-state index contributed by atoms with van der Waals surface area (Å²) in [6, 6.07) is 1.69. The van der Waals surface area contributed by atoms with Gasteiger partial charge < -0.3 is 10.3 Å². The predicted molar refractivity (Wildman–Crippen MR) is 80.9 cm³/mol. The Balaban J connectivity index is 2.07. The summed E-state index contributed by atoms with van der Waals surface area (Å²) >= 11 is 0. The van der Waals surface area contributed by atoms with Crippen molar-refractivity contribution in [3.63, 3.8) is 0 Å². The van der Waals surface area contributed by atoms with E-state index >= 15 is 0 Å². The number of hydrogen-bond acceptors (Lipinski definition) is 4. The maximum atomic E-state index is 11.9. The van der Waals surface area contributed by atoms with Crippen molar-refractivity contribution in [2.24, 2.45) is 0 Å². The van der Waals surface area contributed by atoms with Crippen molar-refractivity contribution in [3.05, 3.63) is 39.7 Å². The number of amides is 1. The number of H-pyrrole nitrogens is 1. The number of carbonyl (C=O) groups is 1. The number of aromatic nitrogens is 1. The molecule has 2 rings (SSSR count). The van der Waals surface area contributed by atoms with Crippen LogP contribution in [0.2, 0.25) is 0 Å². The molecule has 1 heterocycles. The maximum Gasteiger partial charge on any atom is 0.271 e. The third-order valence-electron chi connectivity index (χ3n) is 3.48. The minimum atomic E-state index is -3.41. The van der Waals surface area contributed by atoms with Gasteiger partial charge in [-0.25, -0.2) is 8.42 Å². The number of aryl methyl sites for hydroxylation is 2. The molecule has 0 radical (unpaired) electrons. The van der Waals surface area contributed by atoms with Crippen molar-refractivity contribution in [2.75, 3.05) is 11.1 Å². The summed E-state index contributed by atoms with van der Waals surface area (Å²) in [5, 5.41) is 3.30. The fourth-order valence-corrected chi connectivity index (χ4v) is 2.94. The van der Waals surface area contributed by atoms with Crippen LogP contribution in [-0.4, -0.2) is 25.1 Å². The number of rotatable bonds is 5. The molecule has 0 aromatic carbocycles. The number of pyridine rings is 1. The first kappa shape index (κ1) is 15.5. The van der Waals surface area contributed by atoms with Crippen LogP contribution in [0.15, 0.2) is 22.8 Å². The van der Waals surface area contributed by atoms with Gasteiger partial charge in [-0.15, -0.1) is 0 Å².